The fourth-order valence-electron chi connectivity index (χ4n) is 8.99. The Morgan fingerprint density at radius 1 is 1.11 bits per heavy atom. The molecule has 0 aliphatic heterocycles. The average molecular weight is 535 g/mol. The van der Waals surface area contributed by atoms with Crippen molar-refractivity contribution in [3.63, 3.8) is 0 Å². The molecule has 9 atom stereocenters. The number of carbonyl (C=O) groups excluding carboxylic acids is 3. The van der Waals surface area contributed by atoms with Gasteiger partial charge in [-0.05, 0) is 61.9 Å². The van der Waals surface area contributed by atoms with Gasteiger partial charge in [-0.1, -0.05) is 27.7 Å². The summed E-state index contributed by atoms with van der Waals surface area (Å²) in [6.45, 7) is 11.8. The molecule has 212 valence electrons. The molecule has 0 aromatic heterocycles. The number of aliphatic hydroxyl groups is 3. The van der Waals surface area contributed by atoms with E-state index in [9.17, 15) is 39.6 Å². The van der Waals surface area contributed by atoms with E-state index in [2.05, 4.69) is 0 Å². The van der Waals surface area contributed by atoms with E-state index < -0.39 is 69.2 Å². The van der Waals surface area contributed by atoms with E-state index in [1.165, 1.54) is 13.8 Å². The summed E-state index contributed by atoms with van der Waals surface area (Å²) in [7, 11) is 0. The Labute approximate surface area is 223 Å². The molecule has 9 heteroatoms. The number of fused-ring (bicyclic) bond motifs is 4. The Kier molecular flexibility index (Phi) is 6.62. The van der Waals surface area contributed by atoms with Gasteiger partial charge in [-0.25, -0.2) is 0 Å². The summed E-state index contributed by atoms with van der Waals surface area (Å²) < 4.78 is 5.73. The van der Waals surface area contributed by atoms with Gasteiger partial charge in [0.1, 0.15) is 5.78 Å². The minimum Gasteiger partial charge on any atom is -0.481 e. The molecular formula is C29H42O9. The summed E-state index contributed by atoms with van der Waals surface area (Å²) in [4.78, 5) is 52.3. The molecule has 4 aliphatic rings. The second kappa shape index (κ2) is 8.70. The van der Waals surface area contributed by atoms with Crippen molar-refractivity contribution in [3.05, 3.63) is 11.1 Å². The standard InChI is InChI=1S/C29H42O9/c1-14(30)38-24-23(36)22-21(15(31)12-16-25(2,3)18(32)8-10-26(16,22)4)29(7)19(33)13-17(28(24,29)6)27(5,37)11-9-20(34)35/h15-18,24,31-32,37H,8-13H2,1-7H3,(H,34,35)/t15-,16-,17+,18-,24+,26-,27?,28-,29-/m0/s1. The van der Waals surface area contributed by atoms with Crippen molar-refractivity contribution in [2.24, 2.45) is 33.5 Å². The van der Waals surface area contributed by atoms with Crippen LogP contribution in [0.4, 0.5) is 0 Å². The number of carboxylic acids is 1. The van der Waals surface area contributed by atoms with E-state index >= 15 is 0 Å². The molecule has 2 saturated carbocycles. The zero-order chi connectivity index (χ0) is 28.8. The molecule has 0 aromatic rings. The molecule has 4 rings (SSSR count). The fourth-order valence-corrected chi connectivity index (χ4v) is 8.99. The third kappa shape index (κ3) is 3.60. The van der Waals surface area contributed by atoms with Gasteiger partial charge in [0, 0.05) is 36.7 Å². The SMILES string of the molecule is CC(=O)O[C@@H]1C(=O)C2=C([C@@H](O)C[C@H]3C(C)(C)[C@@H](O)CC[C@]23C)[C@]2(C)C(=O)C[C@H](C(C)(O)CCC(=O)O)[C@@]12C. The number of carbonyl (C=O) groups is 4. The normalized spacial score (nSPS) is 43.6. The van der Waals surface area contributed by atoms with Gasteiger partial charge in [-0.2, -0.15) is 0 Å². The van der Waals surface area contributed by atoms with Crippen molar-refractivity contribution in [2.45, 2.75) is 111 Å². The van der Waals surface area contributed by atoms with E-state index in [4.69, 9.17) is 4.74 Å². The van der Waals surface area contributed by atoms with Crippen molar-refractivity contribution in [1.29, 1.82) is 0 Å². The van der Waals surface area contributed by atoms with E-state index in [1.54, 1.807) is 13.8 Å². The van der Waals surface area contributed by atoms with Gasteiger partial charge in [0.2, 0.25) is 5.78 Å². The van der Waals surface area contributed by atoms with E-state index in [1.807, 2.05) is 20.8 Å². The maximum Gasteiger partial charge on any atom is 0.303 e. The third-order valence-corrected chi connectivity index (χ3v) is 11.3. The molecule has 0 saturated heterocycles. The van der Waals surface area contributed by atoms with Crippen LogP contribution in [0.1, 0.15) is 87.0 Å². The summed E-state index contributed by atoms with van der Waals surface area (Å²) in [5.74, 6) is -3.76. The predicted octanol–water partition coefficient (Wildman–Crippen LogP) is 2.58. The van der Waals surface area contributed by atoms with Gasteiger partial charge in [0.15, 0.2) is 6.10 Å². The van der Waals surface area contributed by atoms with Crippen molar-refractivity contribution >= 4 is 23.5 Å². The van der Waals surface area contributed by atoms with Crippen LogP contribution < -0.4 is 0 Å². The van der Waals surface area contributed by atoms with Crippen molar-refractivity contribution in [1.82, 2.24) is 0 Å². The molecule has 4 aliphatic carbocycles. The van der Waals surface area contributed by atoms with Crippen LogP contribution in [-0.2, 0) is 23.9 Å². The smallest absolute Gasteiger partial charge is 0.303 e. The van der Waals surface area contributed by atoms with Gasteiger partial charge in [0.25, 0.3) is 0 Å². The van der Waals surface area contributed by atoms with E-state index in [-0.39, 0.29) is 37.4 Å². The highest BCUT2D eigenvalue weighted by Gasteiger charge is 2.75. The lowest BCUT2D eigenvalue weighted by Crippen LogP contribution is -2.66. The van der Waals surface area contributed by atoms with Crippen LogP contribution in [0.15, 0.2) is 11.1 Å². The Morgan fingerprint density at radius 2 is 1.71 bits per heavy atom. The number of esters is 1. The molecule has 0 radical (unpaired) electrons. The molecule has 38 heavy (non-hydrogen) atoms. The van der Waals surface area contributed by atoms with Crippen LogP contribution in [0.25, 0.3) is 0 Å². The van der Waals surface area contributed by atoms with Crippen molar-refractivity contribution in [3.8, 4) is 0 Å². The molecule has 1 unspecified atom stereocenters. The summed E-state index contributed by atoms with van der Waals surface area (Å²) in [5.41, 5.74) is -5.29. The molecule has 0 amide bonds. The minimum atomic E-state index is -1.67. The van der Waals surface area contributed by atoms with Crippen LogP contribution in [0.2, 0.25) is 0 Å². The summed E-state index contributed by atoms with van der Waals surface area (Å²) in [6.07, 6.45) is -2.68. The molecule has 0 spiro atoms. The first kappa shape index (κ1) is 28.9. The highest BCUT2D eigenvalue weighted by atomic mass is 16.5. The first-order chi connectivity index (χ1) is 17.3. The number of hydrogen-bond acceptors (Lipinski definition) is 8. The number of ketones is 2. The highest BCUT2D eigenvalue weighted by Crippen LogP contribution is 2.71. The summed E-state index contributed by atoms with van der Waals surface area (Å²) in [6, 6.07) is 0. The van der Waals surface area contributed by atoms with Crippen LogP contribution in [0.3, 0.4) is 0 Å². The molecule has 0 bridgehead atoms. The lowest BCUT2D eigenvalue weighted by atomic mass is 9.41. The fraction of sp³-hybridized carbons (Fsp3) is 0.793. The Bertz CT molecular complexity index is 1120. The second-order valence-electron chi connectivity index (χ2n) is 13.6. The van der Waals surface area contributed by atoms with Gasteiger partial charge in [0.05, 0.1) is 23.2 Å². The largest absolute Gasteiger partial charge is 0.481 e. The van der Waals surface area contributed by atoms with Gasteiger partial charge >= 0.3 is 11.9 Å². The van der Waals surface area contributed by atoms with Crippen molar-refractivity contribution in [2.75, 3.05) is 0 Å². The zero-order valence-corrected chi connectivity index (χ0v) is 23.5. The summed E-state index contributed by atoms with van der Waals surface area (Å²) in [5, 5.41) is 43.3. The third-order valence-electron chi connectivity index (χ3n) is 11.3. The Balaban J connectivity index is 1.99. The Hall–Kier alpha value is -2.10. The lowest BCUT2D eigenvalue weighted by molar-refractivity contribution is -0.186. The number of carboxylic acid groups (broad SMARTS) is 1. The number of hydrogen-bond donors (Lipinski definition) is 4. The van der Waals surface area contributed by atoms with Gasteiger partial charge < -0.3 is 25.2 Å². The van der Waals surface area contributed by atoms with Gasteiger partial charge in [-0.15, -0.1) is 0 Å². The van der Waals surface area contributed by atoms with Crippen LogP contribution in [0, 0.1) is 33.5 Å². The topological polar surface area (TPSA) is 158 Å². The molecule has 0 heterocycles. The highest BCUT2D eigenvalue weighted by molar-refractivity contribution is 6.08. The van der Waals surface area contributed by atoms with Crippen LogP contribution in [-0.4, -0.2) is 67.8 Å². The number of ether oxygens (including phenoxy) is 1. The maximum absolute atomic E-state index is 14.5. The van der Waals surface area contributed by atoms with E-state index in [0.29, 0.717) is 24.0 Å². The summed E-state index contributed by atoms with van der Waals surface area (Å²) >= 11 is 0. The zero-order valence-electron chi connectivity index (χ0n) is 23.5. The minimum absolute atomic E-state index is 0.154. The predicted molar refractivity (Wildman–Crippen MR) is 136 cm³/mol. The molecule has 4 N–H and O–H groups in total. The molecular weight excluding hydrogens is 492 g/mol. The molecule has 9 nitrogen and oxygen atoms in total. The van der Waals surface area contributed by atoms with E-state index in [0.717, 1.165) is 0 Å². The first-order valence-corrected chi connectivity index (χ1v) is 13.6. The number of aliphatic hydroxyl groups excluding tert-OH is 2. The number of Topliss-reactive ketones (excluding diaryl/α,β-unsaturated/α-hetero) is 2. The Morgan fingerprint density at radius 3 is 2.26 bits per heavy atom. The quantitative estimate of drug-likeness (QED) is 0.389. The molecule has 2 fully saturated rings. The van der Waals surface area contributed by atoms with Gasteiger partial charge in [-0.3, -0.25) is 19.2 Å². The monoisotopic (exact) mass is 534 g/mol. The van der Waals surface area contributed by atoms with Crippen molar-refractivity contribution < 1.29 is 44.3 Å². The lowest BCUT2D eigenvalue weighted by Gasteiger charge is -2.63. The first-order valence-electron chi connectivity index (χ1n) is 13.6. The van der Waals surface area contributed by atoms with Crippen LogP contribution in [0.5, 0.6) is 0 Å². The number of rotatable bonds is 5. The second-order valence-corrected chi connectivity index (χ2v) is 13.6. The average Bonchev–Trinajstić information content (AvgIpc) is 3.02. The molecule has 0 aromatic carbocycles. The number of aliphatic carboxylic acids is 1. The van der Waals surface area contributed by atoms with Crippen LogP contribution >= 0.6 is 0 Å². The maximum atomic E-state index is 14.5.